The van der Waals surface area contributed by atoms with Crippen molar-refractivity contribution in [3.05, 3.63) is 0 Å². The molecule has 51 valence electrons. The first-order valence-electron chi connectivity index (χ1n) is 3.05. The van der Waals surface area contributed by atoms with Crippen LogP contribution in [0.25, 0.3) is 0 Å². The summed E-state index contributed by atoms with van der Waals surface area (Å²) < 4.78 is 0. The van der Waals surface area contributed by atoms with Gasteiger partial charge in [-0.25, -0.2) is 0 Å². The summed E-state index contributed by atoms with van der Waals surface area (Å²) in [4.78, 5) is 0. The molecule has 0 aromatic carbocycles. The highest BCUT2D eigenvalue weighted by Crippen LogP contribution is 2.10. The molecule has 0 aliphatic heterocycles. The van der Waals surface area contributed by atoms with Crippen molar-refractivity contribution in [2.75, 3.05) is 12.3 Å². The van der Waals surface area contributed by atoms with E-state index in [2.05, 4.69) is 13.8 Å². The first kappa shape index (κ1) is 11.5. The molecule has 0 spiro atoms. The molecule has 0 fully saturated rings. The average Bonchev–Trinajstić information content (AvgIpc) is 1.69. The summed E-state index contributed by atoms with van der Waals surface area (Å²) in [6, 6.07) is 0. The quantitative estimate of drug-likeness (QED) is 0.430. The number of hydrogen-bond donors (Lipinski definition) is 0. The van der Waals surface area contributed by atoms with E-state index in [0.29, 0.717) is 0 Å². The first-order chi connectivity index (χ1) is 3.41. The fourth-order valence-corrected chi connectivity index (χ4v) is 1.28. The Morgan fingerprint density at radius 2 is 1.38 bits per heavy atom. The molecule has 0 heterocycles. The third-order valence-corrected chi connectivity index (χ3v) is 2.29. The summed E-state index contributed by atoms with van der Waals surface area (Å²) in [5, 5.41) is 0. The van der Waals surface area contributed by atoms with Crippen LogP contribution in [0.3, 0.4) is 0 Å². The Balaban J connectivity index is 0. The van der Waals surface area contributed by atoms with Gasteiger partial charge in [-0.05, 0) is 12.3 Å². The lowest BCUT2D eigenvalue weighted by atomic mass is 10.6. The molecule has 0 bridgehead atoms. The van der Waals surface area contributed by atoms with Crippen LogP contribution in [0.1, 0.15) is 26.7 Å². The SMILES string of the molecule is CCC[P]CCC.Cl. The van der Waals surface area contributed by atoms with Crippen molar-refractivity contribution >= 4 is 21.0 Å². The molecule has 0 saturated heterocycles. The highest BCUT2D eigenvalue weighted by Gasteiger charge is 1.80. The average molecular weight is 154 g/mol. The molecule has 0 atom stereocenters. The molecule has 0 saturated carbocycles. The molecule has 8 heavy (non-hydrogen) atoms. The molecule has 0 N–H and O–H groups in total. The predicted molar refractivity (Wildman–Crippen MR) is 44.5 cm³/mol. The number of hydrogen-bond acceptors (Lipinski definition) is 0. The van der Waals surface area contributed by atoms with Gasteiger partial charge in [0.2, 0.25) is 0 Å². The van der Waals surface area contributed by atoms with Crippen LogP contribution in [0, 0.1) is 0 Å². The van der Waals surface area contributed by atoms with Gasteiger partial charge in [-0.1, -0.05) is 35.3 Å². The Kier molecular flexibility index (Phi) is 15.3. The Hall–Kier alpha value is 0.720. The minimum atomic E-state index is 0. The molecule has 0 unspecified atom stereocenters. The van der Waals surface area contributed by atoms with Gasteiger partial charge < -0.3 is 0 Å². The molecule has 0 aromatic rings. The summed E-state index contributed by atoms with van der Waals surface area (Å²) in [6.07, 6.45) is 5.49. The van der Waals surface area contributed by atoms with Gasteiger partial charge in [-0.2, -0.15) is 0 Å². The molecule has 0 amide bonds. The van der Waals surface area contributed by atoms with E-state index >= 15 is 0 Å². The lowest BCUT2D eigenvalue weighted by Crippen LogP contribution is -1.72. The van der Waals surface area contributed by atoms with Gasteiger partial charge >= 0.3 is 0 Å². The van der Waals surface area contributed by atoms with Crippen molar-refractivity contribution in [1.82, 2.24) is 0 Å². The van der Waals surface area contributed by atoms with Crippen LogP contribution in [-0.2, 0) is 0 Å². The maximum Gasteiger partial charge on any atom is -0.0290 e. The summed E-state index contributed by atoms with van der Waals surface area (Å²) in [5.41, 5.74) is 0. The van der Waals surface area contributed by atoms with Crippen molar-refractivity contribution in [2.24, 2.45) is 0 Å². The Morgan fingerprint density at radius 3 is 1.62 bits per heavy atom. The van der Waals surface area contributed by atoms with Crippen LogP contribution in [0.2, 0.25) is 0 Å². The van der Waals surface area contributed by atoms with E-state index in [4.69, 9.17) is 0 Å². The van der Waals surface area contributed by atoms with Gasteiger partial charge in [-0.3, -0.25) is 0 Å². The van der Waals surface area contributed by atoms with Crippen LogP contribution in [-0.4, -0.2) is 12.3 Å². The second-order valence-electron chi connectivity index (χ2n) is 1.67. The Bertz CT molecular complexity index is 27.7. The van der Waals surface area contributed by atoms with Gasteiger partial charge in [0.05, 0.1) is 0 Å². The molecule has 1 radical (unpaired) electrons. The minimum absolute atomic E-state index is 0. The zero-order chi connectivity index (χ0) is 5.54. The van der Waals surface area contributed by atoms with Gasteiger partial charge in [0.15, 0.2) is 0 Å². The van der Waals surface area contributed by atoms with Gasteiger partial charge in [0.25, 0.3) is 0 Å². The van der Waals surface area contributed by atoms with E-state index in [1.807, 2.05) is 0 Å². The van der Waals surface area contributed by atoms with Crippen molar-refractivity contribution < 1.29 is 0 Å². The van der Waals surface area contributed by atoms with E-state index in [0.717, 1.165) is 0 Å². The summed E-state index contributed by atoms with van der Waals surface area (Å²) in [6.45, 7) is 4.48. The van der Waals surface area contributed by atoms with Crippen molar-refractivity contribution in [3.63, 3.8) is 0 Å². The fraction of sp³-hybridized carbons (Fsp3) is 1.00. The summed E-state index contributed by atoms with van der Waals surface area (Å²) in [5.74, 6) is 0. The number of rotatable bonds is 4. The van der Waals surface area contributed by atoms with Gasteiger partial charge in [0, 0.05) is 0 Å². The minimum Gasteiger partial charge on any atom is -0.147 e. The van der Waals surface area contributed by atoms with E-state index < -0.39 is 0 Å². The molecule has 0 nitrogen and oxygen atoms in total. The molecular weight excluding hydrogens is 138 g/mol. The smallest absolute Gasteiger partial charge is 0.0290 e. The predicted octanol–water partition coefficient (Wildman–Crippen LogP) is 3.17. The first-order valence-corrected chi connectivity index (χ1v) is 4.31. The summed E-state index contributed by atoms with van der Waals surface area (Å²) >= 11 is 0. The lowest BCUT2D eigenvalue weighted by molar-refractivity contribution is 1.07. The molecule has 0 aromatic heterocycles. The highest BCUT2D eigenvalue weighted by atomic mass is 35.5. The third-order valence-electron chi connectivity index (χ3n) is 0.763. The number of halogens is 1. The fourth-order valence-electron chi connectivity index (χ4n) is 0.428. The highest BCUT2D eigenvalue weighted by molar-refractivity contribution is 7.37. The van der Waals surface area contributed by atoms with Crippen LogP contribution in [0.4, 0.5) is 0 Å². The standard InChI is InChI=1S/C6H14P.ClH/c1-3-5-7-6-4-2;/h3-6H2,1-2H3;1H. The van der Waals surface area contributed by atoms with Crippen LogP contribution in [0.15, 0.2) is 0 Å². The molecular formula is C6H15ClP. The second-order valence-corrected chi connectivity index (χ2v) is 3.01. The lowest BCUT2D eigenvalue weighted by Gasteiger charge is -1.90. The van der Waals surface area contributed by atoms with Gasteiger partial charge in [0.1, 0.15) is 0 Å². The van der Waals surface area contributed by atoms with Gasteiger partial charge in [-0.15, -0.1) is 12.4 Å². The molecule has 0 aliphatic rings. The van der Waals surface area contributed by atoms with E-state index in [1.54, 1.807) is 8.58 Å². The molecule has 0 rings (SSSR count). The van der Waals surface area contributed by atoms with Crippen molar-refractivity contribution in [1.29, 1.82) is 0 Å². The topological polar surface area (TPSA) is 0 Å². The molecule has 2 heteroatoms. The van der Waals surface area contributed by atoms with E-state index in [9.17, 15) is 0 Å². The van der Waals surface area contributed by atoms with E-state index in [-0.39, 0.29) is 12.4 Å². The zero-order valence-corrected chi connectivity index (χ0v) is 7.39. The van der Waals surface area contributed by atoms with Crippen LogP contribution < -0.4 is 0 Å². The third kappa shape index (κ3) is 9.87. The largest absolute Gasteiger partial charge is 0.147 e. The Morgan fingerprint density at radius 1 is 1.00 bits per heavy atom. The maximum atomic E-state index is 2.24. The van der Waals surface area contributed by atoms with Crippen LogP contribution in [0.5, 0.6) is 0 Å². The normalized spacial score (nSPS) is 8.25. The zero-order valence-electron chi connectivity index (χ0n) is 5.68. The second kappa shape index (κ2) is 10.7. The van der Waals surface area contributed by atoms with Crippen molar-refractivity contribution in [2.45, 2.75) is 26.7 Å². The summed E-state index contributed by atoms with van der Waals surface area (Å²) in [7, 11) is 1.64. The monoisotopic (exact) mass is 153 g/mol. The van der Waals surface area contributed by atoms with E-state index in [1.165, 1.54) is 25.2 Å². The molecule has 0 aliphatic carbocycles. The van der Waals surface area contributed by atoms with Crippen LogP contribution >= 0.6 is 21.0 Å². The Labute approximate surface area is 60.6 Å². The maximum absolute atomic E-state index is 2.24. The van der Waals surface area contributed by atoms with Crippen molar-refractivity contribution in [3.8, 4) is 0 Å².